The van der Waals surface area contributed by atoms with Crippen LogP contribution in [0, 0.1) is 0 Å². The first kappa shape index (κ1) is 19.6. The van der Waals surface area contributed by atoms with E-state index in [0.29, 0.717) is 11.6 Å². The maximum atomic E-state index is 5.97. The van der Waals surface area contributed by atoms with E-state index in [1.165, 1.54) is 5.56 Å². The average molecular weight is 446 g/mol. The van der Waals surface area contributed by atoms with Crippen LogP contribution in [0.1, 0.15) is 11.1 Å². The molecule has 0 radical (unpaired) electrons. The van der Waals surface area contributed by atoms with E-state index >= 15 is 0 Å². The van der Waals surface area contributed by atoms with Crippen molar-refractivity contribution in [2.45, 2.75) is 13.1 Å². The van der Waals surface area contributed by atoms with Crippen molar-refractivity contribution in [1.82, 2.24) is 10.6 Å². The predicted octanol–water partition coefficient (Wildman–Crippen LogP) is 3.83. The van der Waals surface area contributed by atoms with Crippen molar-refractivity contribution in [3.8, 4) is 5.75 Å². The maximum Gasteiger partial charge on any atom is 0.191 e. The molecule has 124 valence electrons. The van der Waals surface area contributed by atoms with E-state index < -0.39 is 0 Å². The van der Waals surface area contributed by atoms with E-state index in [1.807, 2.05) is 30.3 Å². The molecular formula is C17H21ClIN3O. The number of benzene rings is 2. The average Bonchev–Trinajstić information content (AvgIpc) is 2.56. The lowest BCUT2D eigenvalue weighted by Gasteiger charge is -2.14. The number of aliphatic imine (C=N–C) groups is 1. The molecule has 2 aromatic rings. The summed E-state index contributed by atoms with van der Waals surface area (Å²) >= 11 is 5.97. The molecule has 2 aromatic carbocycles. The molecule has 0 aromatic heterocycles. The zero-order chi connectivity index (χ0) is 15.8. The largest absolute Gasteiger partial charge is 0.496 e. The van der Waals surface area contributed by atoms with Gasteiger partial charge in [0.1, 0.15) is 5.75 Å². The van der Waals surface area contributed by atoms with E-state index in [2.05, 4.69) is 27.8 Å². The van der Waals surface area contributed by atoms with Crippen molar-refractivity contribution >= 4 is 41.5 Å². The number of halogens is 2. The van der Waals surface area contributed by atoms with Gasteiger partial charge < -0.3 is 15.4 Å². The monoisotopic (exact) mass is 445 g/mol. The third kappa shape index (κ3) is 6.27. The summed E-state index contributed by atoms with van der Waals surface area (Å²) in [5.74, 6) is 1.50. The highest BCUT2D eigenvalue weighted by Gasteiger charge is 2.05. The minimum absolute atomic E-state index is 0. The number of nitrogens with zero attached hydrogens (tertiary/aromatic N) is 1. The van der Waals surface area contributed by atoms with Crippen molar-refractivity contribution in [3.05, 3.63) is 64.7 Å². The van der Waals surface area contributed by atoms with Crippen molar-refractivity contribution in [3.63, 3.8) is 0 Å². The molecule has 2 rings (SSSR count). The molecule has 0 aliphatic heterocycles. The Labute approximate surface area is 159 Å². The molecular weight excluding hydrogens is 425 g/mol. The van der Waals surface area contributed by atoms with E-state index in [-0.39, 0.29) is 24.0 Å². The first-order valence-electron chi connectivity index (χ1n) is 7.04. The minimum atomic E-state index is 0. The quantitative estimate of drug-likeness (QED) is 0.418. The lowest BCUT2D eigenvalue weighted by molar-refractivity contribution is 0.409. The van der Waals surface area contributed by atoms with Gasteiger partial charge in [0.25, 0.3) is 0 Å². The van der Waals surface area contributed by atoms with Crippen LogP contribution in [0.2, 0.25) is 5.02 Å². The fourth-order valence-electron chi connectivity index (χ4n) is 2.05. The number of ether oxygens (including phenoxy) is 1. The van der Waals surface area contributed by atoms with E-state index in [0.717, 1.165) is 23.8 Å². The summed E-state index contributed by atoms with van der Waals surface area (Å²) in [6, 6.07) is 15.8. The van der Waals surface area contributed by atoms with Gasteiger partial charge in [-0.15, -0.1) is 24.0 Å². The Morgan fingerprint density at radius 1 is 1.09 bits per heavy atom. The Bertz CT molecular complexity index is 635. The van der Waals surface area contributed by atoms with Crippen molar-refractivity contribution < 1.29 is 4.74 Å². The summed E-state index contributed by atoms with van der Waals surface area (Å²) in [6.45, 7) is 1.33. The fraction of sp³-hybridized carbons (Fsp3) is 0.235. The molecule has 23 heavy (non-hydrogen) atoms. The van der Waals surface area contributed by atoms with Gasteiger partial charge in [0.05, 0.1) is 7.11 Å². The number of hydrogen-bond donors (Lipinski definition) is 2. The second-order valence-electron chi connectivity index (χ2n) is 4.72. The third-order valence-electron chi connectivity index (χ3n) is 3.22. The lowest BCUT2D eigenvalue weighted by atomic mass is 10.2. The van der Waals surface area contributed by atoms with E-state index in [9.17, 15) is 0 Å². The van der Waals surface area contributed by atoms with Crippen LogP contribution in [0.5, 0.6) is 5.75 Å². The van der Waals surface area contributed by atoms with Gasteiger partial charge >= 0.3 is 0 Å². The highest BCUT2D eigenvalue weighted by molar-refractivity contribution is 14.0. The van der Waals surface area contributed by atoms with Gasteiger partial charge in [-0.2, -0.15) is 0 Å². The third-order valence-corrected chi connectivity index (χ3v) is 3.46. The molecule has 0 aliphatic rings. The first-order chi connectivity index (χ1) is 10.7. The highest BCUT2D eigenvalue weighted by atomic mass is 127. The summed E-state index contributed by atoms with van der Waals surface area (Å²) in [7, 11) is 3.39. The molecule has 0 spiro atoms. The zero-order valence-corrected chi connectivity index (χ0v) is 16.3. The molecule has 0 fully saturated rings. The van der Waals surface area contributed by atoms with E-state index in [1.54, 1.807) is 20.2 Å². The Morgan fingerprint density at radius 2 is 1.78 bits per heavy atom. The SMILES string of the molecule is CN=C(NCc1ccccc1)NCc1ccc(Cl)cc1OC.I. The van der Waals surface area contributed by atoms with Crippen LogP contribution in [-0.4, -0.2) is 20.1 Å². The number of guanidine groups is 1. The van der Waals surface area contributed by atoms with Gasteiger partial charge in [-0.25, -0.2) is 0 Å². The van der Waals surface area contributed by atoms with Gasteiger partial charge in [-0.1, -0.05) is 48.0 Å². The Morgan fingerprint density at radius 3 is 2.43 bits per heavy atom. The van der Waals surface area contributed by atoms with E-state index in [4.69, 9.17) is 16.3 Å². The summed E-state index contributed by atoms with van der Waals surface area (Å²) < 4.78 is 5.34. The molecule has 2 N–H and O–H groups in total. The smallest absolute Gasteiger partial charge is 0.191 e. The topological polar surface area (TPSA) is 45.7 Å². The molecule has 6 heteroatoms. The van der Waals surface area contributed by atoms with Crippen LogP contribution < -0.4 is 15.4 Å². The van der Waals surface area contributed by atoms with Gasteiger partial charge in [0.2, 0.25) is 0 Å². The Balaban J connectivity index is 0.00000264. The standard InChI is InChI=1S/C17H20ClN3O.HI/c1-19-17(20-11-13-6-4-3-5-7-13)21-12-14-8-9-15(18)10-16(14)22-2;/h3-10H,11-12H2,1-2H3,(H2,19,20,21);1H. The zero-order valence-electron chi connectivity index (χ0n) is 13.2. The Hall–Kier alpha value is -1.47. The fourth-order valence-corrected chi connectivity index (χ4v) is 2.21. The number of rotatable bonds is 5. The van der Waals surface area contributed by atoms with Gasteiger partial charge in [-0.05, 0) is 17.7 Å². The Kier molecular flexibility index (Phi) is 8.79. The van der Waals surface area contributed by atoms with Crippen LogP contribution in [0.25, 0.3) is 0 Å². The molecule has 4 nitrogen and oxygen atoms in total. The van der Waals surface area contributed by atoms with Crippen molar-refractivity contribution in [2.75, 3.05) is 14.2 Å². The molecule has 0 unspecified atom stereocenters. The molecule has 0 saturated carbocycles. The second kappa shape index (κ2) is 10.3. The predicted molar refractivity (Wildman–Crippen MR) is 107 cm³/mol. The van der Waals surface area contributed by atoms with Gasteiger partial charge in [-0.3, -0.25) is 4.99 Å². The van der Waals surface area contributed by atoms with Crippen LogP contribution in [0.15, 0.2) is 53.5 Å². The van der Waals surface area contributed by atoms with Crippen LogP contribution in [0.4, 0.5) is 0 Å². The molecule has 0 amide bonds. The summed E-state index contributed by atoms with van der Waals surface area (Å²) in [5, 5.41) is 7.20. The molecule has 0 aliphatic carbocycles. The summed E-state index contributed by atoms with van der Waals surface area (Å²) in [5.41, 5.74) is 2.23. The normalized spacial score (nSPS) is 10.7. The number of nitrogens with one attached hydrogen (secondary N) is 2. The molecule has 0 bridgehead atoms. The van der Waals surface area contributed by atoms with Gasteiger partial charge in [0.15, 0.2) is 5.96 Å². The van der Waals surface area contributed by atoms with Crippen molar-refractivity contribution in [2.24, 2.45) is 4.99 Å². The number of hydrogen-bond acceptors (Lipinski definition) is 2. The van der Waals surface area contributed by atoms with Crippen LogP contribution >= 0.6 is 35.6 Å². The van der Waals surface area contributed by atoms with Gasteiger partial charge in [0, 0.05) is 30.7 Å². The maximum absolute atomic E-state index is 5.97. The second-order valence-corrected chi connectivity index (χ2v) is 5.16. The first-order valence-corrected chi connectivity index (χ1v) is 7.41. The summed E-state index contributed by atoms with van der Waals surface area (Å²) in [6.07, 6.45) is 0. The highest BCUT2D eigenvalue weighted by Crippen LogP contribution is 2.22. The minimum Gasteiger partial charge on any atom is -0.496 e. The molecule has 0 saturated heterocycles. The molecule has 0 heterocycles. The number of methoxy groups -OCH3 is 1. The lowest BCUT2D eigenvalue weighted by Crippen LogP contribution is -2.36. The molecule has 0 atom stereocenters. The van der Waals surface area contributed by atoms with Crippen LogP contribution in [0.3, 0.4) is 0 Å². The van der Waals surface area contributed by atoms with Crippen LogP contribution in [-0.2, 0) is 13.1 Å². The summed E-state index contributed by atoms with van der Waals surface area (Å²) in [4.78, 5) is 4.22. The van der Waals surface area contributed by atoms with Crippen molar-refractivity contribution in [1.29, 1.82) is 0 Å².